The Hall–Kier alpha value is -5.91. The molecule has 5 heterocycles. The van der Waals surface area contributed by atoms with Gasteiger partial charge in [-0.2, -0.15) is 4.98 Å². The smallest absolute Gasteiger partial charge is 0.297 e. The molecule has 68 heavy (non-hydrogen) atoms. The Morgan fingerprint density at radius 2 is 1.76 bits per heavy atom. The van der Waals surface area contributed by atoms with Gasteiger partial charge in [-0.25, -0.2) is 13.1 Å². The molecule has 2 saturated heterocycles. The summed E-state index contributed by atoms with van der Waals surface area (Å²) in [5, 5.41) is 26.9. The van der Waals surface area contributed by atoms with Gasteiger partial charge in [0.25, 0.3) is 27.5 Å². The van der Waals surface area contributed by atoms with E-state index >= 15 is 0 Å². The fraction of sp³-hybridized carbons (Fsp3) is 0.490. The number of nitrogens with zero attached hydrogens (tertiary/aromatic N) is 4. The maximum Gasteiger partial charge on any atom is 0.297 e. The molecule has 3 aliphatic heterocycles. The standard InChI is InChI=1S/C51H61N7O9S/c1-31(2)36-8-5-6-9-37(36)38-10-7-11-41(38)57-29-51(30-57)19-22-56(23-20-51)34-12-13-39(43(25-34)67-45-24-33-16-21-52-47(33)54-49(45)65-4)48(59)55-68(63,64)35-26-42(58(61)62)46-44(27-35)66-28-40(53-46)32-14-17-50(3,60)18-15-32/h5-6,8-9,12-13,16,21,24-27,31-32,38,40-41,53,60H,7,10-11,14-15,17-20,22-23,28-30H2,1-4H3,(H,52,54)(H,55,59)/t32?,38-,40-,41-,50?/m1/s1. The molecule has 0 unspecified atom stereocenters. The normalized spacial score (nSPS) is 24.8. The van der Waals surface area contributed by atoms with Gasteiger partial charge in [-0.05, 0) is 117 Å². The minimum atomic E-state index is -4.69. The van der Waals surface area contributed by atoms with E-state index in [1.165, 1.54) is 43.6 Å². The summed E-state index contributed by atoms with van der Waals surface area (Å²) >= 11 is 0. The molecule has 2 aromatic heterocycles. The number of amides is 1. The molecule has 2 aliphatic carbocycles. The van der Waals surface area contributed by atoms with Gasteiger partial charge in [0.05, 0.1) is 34.1 Å². The van der Waals surface area contributed by atoms with E-state index in [1.807, 2.05) is 6.07 Å². The van der Waals surface area contributed by atoms with Crippen molar-refractivity contribution in [2.45, 2.75) is 113 Å². The SMILES string of the molecule is COc1nc2[nH]ccc2cc1Oc1cc(N2CCC3(CC2)CN([C@@H]2CCC[C@@H]2c2ccccc2C(C)C)C3)ccc1C(=O)NS(=O)(=O)c1cc2c(c([N+](=O)[O-])c1)N[C@@H](C1CCC(C)(O)CC1)CO2. The summed E-state index contributed by atoms with van der Waals surface area (Å²) in [6.07, 6.45) is 10.1. The van der Waals surface area contributed by atoms with Crippen molar-refractivity contribution in [3.05, 3.63) is 99.7 Å². The number of carbonyl (C=O) groups is 1. The number of H-pyrrole nitrogens is 1. The van der Waals surface area contributed by atoms with Crippen molar-refractivity contribution in [2.24, 2.45) is 11.3 Å². The maximum absolute atomic E-state index is 14.2. The molecule has 0 bridgehead atoms. The van der Waals surface area contributed by atoms with Crippen molar-refractivity contribution in [3.8, 4) is 23.1 Å². The number of benzene rings is 3. The van der Waals surface area contributed by atoms with Gasteiger partial charge in [0, 0.05) is 67.7 Å². The number of sulfonamides is 1. The van der Waals surface area contributed by atoms with Crippen molar-refractivity contribution in [1.29, 1.82) is 0 Å². The summed E-state index contributed by atoms with van der Waals surface area (Å²) in [6, 6.07) is 20.1. The van der Waals surface area contributed by atoms with Crippen LogP contribution in [0.5, 0.6) is 23.1 Å². The van der Waals surface area contributed by atoms with Crippen LogP contribution < -0.4 is 29.1 Å². The first kappa shape index (κ1) is 45.9. The van der Waals surface area contributed by atoms with Crippen LogP contribution >= 0.6 is 0 Å². The quantitative estimate of drug-likeness (QED) is 0.0683. The van der Waals surface area contributed by atoms with Gasteiger partial charge < -0.3 is 34.5 Å². The van der Waals surface area contributed by atoms with Crippen LogP contribution in [0, 0.1) is 21.4 Å². The summed E-state index contributed by atoms with van der Waals surface area (Å²) in [4.78, 5) is 38.1. The first-order chi connectivity index (χ1) is 32.6. The third-order valence-electron chi connectivity index (χ3n) is 15.5. The van der Waals surface area contributed by atoms with Crippen LogP contribution in [-0.2, 0) is 10.0 Å². The zero-order valence-electron chi connectivity index (χ0n) is 39.1. The summed E-state index contributed by atoms with van der Waals surface area (Å²) in [5.41, 5.74) is 3.36. The molecule has 10 rings (SSSR count). The second-order valence-corrected chi connectivity index (χ2v) is 22.1. The molecule has 2 saturated carbocycles. The maximum atomic E-state index is 14.2. The van der Waals surface area contributed by atoms with Gasteiger partial charge in [0.15, 0.2) is 17.2 Å². The zero-order valence-corrected chi connectivity index (χ0v) is 39.9. The molecule has 360 valence electrons. The van der Waals surface area contributed by atoms with E-state index in [9.17, 15) is 28.4 Å². The van der Waals surface area contributed by atoms with Crippen LogP contribution in [0.4, 0.5) is 17.1 Å². The Morgan fingerprint density at radius 1 is 1.00 bits per heavy atom. The van der Waals surface area contributed by atoms with Gasteiger partial charge in [0.1, 0.15) is 18.0 Å². The van der Waals surface area contributed by atoms with Crippen molar-refractivity contribution >= 4 is 44.0 Å². The van der Waals surface area contributed by atoms with E-state index < -0.39 is 37.0 Å². The molecule has 16 nitrogen and oxygen atoms in total. The van der Waals surface area contributed by atoms with Crippen LogP contribution in [-0.4, -0.2) is 96.8 Å². The molecule has 3 aromatic carbocycles. The number of nitro groups is 1. The molecule has 3 atom stereocenters. The number of anilines is 2. The van der Waals surface area contributed by atoms with E-state index in [0.717, 1.165) is 56.2 Å². The Morgan fingerprint density at radius 3 is 2.50 bits per heavy atom. The number of piperidine rings is 1. The minimum Gasteiger partial charge on any atom is -0.489 e. The van der Waals surface area contributed by atoms with E-state index in [0.29, 0.717) is 49.2 Å². The Balaban J connectivity index is 0.875. The van der Waals surface area contributed by atoms with E-state index in [-0.39, 0.29) is 58.4 Å². The van der Waals surface area contributed by atoms with Crippen molar-refractivity contribution in [2.75, 3.05) is 50.1 Å². The van der Waals surface area contributed by atoms with Crippen LogP contribution in [0.3, 0.4) is 0 Å². The summed E-state index contributed by atoms with van der Waals surface area (Å²) < 4.78 is 48.3. The average Bonchev–Trinajstić information content (AvgIpc) is 3.99. The molecule has 4 N–H and O–H groups in total. The lowest BCUT2D eigenvalue weighted by Crippen LogP contribution is -2.63. The third-order valence-corrected chi connectivity index (χ3v) is 16.8. The first-order valence-electron chi connectivity index (χ1n) is 24.0. The van der Waals surface area contributed by atoms with Gasteiger partial charge in [-0.15, -0.1) is 0 Å². The number of fused-ring (bicyclic) bond motifs is 2. The second-order valence-electron chi connectivity index (χ2n) is 20.4. The fourth-order valence-corrected chi connectivity index (χ4v) is 12.7. The highest BCUT2D eigenvalue weighted by atomic mass is 32.2. The Bertz CT molecular complexity index is 2840. The highest BCUT2D eigenvalue weighted by Crippen LogP contribution is 2.49. The number of pyridine rings is 1. The molecule has 17 heteroatoms. The third kappa shape index (κ3) is 8.84. The lowest BCUT2D eigenvalue weighted by molar-refractivity contribution is -0.384. The van der Waals surface area contributed by atoms with E-state index in [1.54, 1.807) is 37.4 Å². The van der Waals surface area contributed by atoms with Crippen molar-refractivity contribution in [1.82, 2.24) is 19.6 Å². The summed E-state index contributed by atoms with van der Waals surface area (Å²) in [7, 11) is -3.23. The lowest BCUT2D eigenvalue weighted by Gasteiger charge is -2.57. The summed E-state index contributed by atoms with van der Waals surface area (Å²) in [5.74, 6) is 0.596. The van der Waals surface area contributed by atoms with Crippen LogP contribution in [0.1, 0.15) is 112 Å². The number of carbonyl (C=O) groups excluding carboxylic acids is 1. The predicted octanol–water partition coefficient (Wildman–Crippen LogP) is 8.87. The van der Waals surface area contributed by atoms with E-state index in [4.69, 9.17) is 14.2 Å². The topological polar surface area (TPSA) is 201 Å². The van der Waals surface area contributed by atoms with Crippen molar-refractivity contribution in [3.63, 3.8) is 0 Å². The van der Waals surface area contributed by atoms with Gasteiger partial charge in [-0.1, -0.05) is 44.5 Å². The number of hydrogen-bond donors (Lipinski definition) is 4. The van der Waals surface area contributed by atoms with Gasteiger partial charge in [0.2, 0.25) is 0 Å². The molecule has 5 aliphatic rings. The number of rotatable bonds is 12. The second kappa shape index (κ2) is 17.9. The van der Waals surface area contributed by atoms with Gasteiger partial charge in [-0.3, -0.25) is 19.8 Å². The van der Waals surface area contributed by atoms with E-state index in [2.05, 4.69) is 67.9 Å². The number of ether oxygens (including phenoxy) is 3. The highest BCUT2D eigenvalue weighted by molar-refractivity contribution is 7.90. The highest BCUT2D eigenvalue weighted by Gasteiger charge is 2.49. The zero-order chi connectivity index (χ0) is 47.5. The minimum absolute atomic E-state index is 0.00716. The number of aromatic nitrogens is 2. The first-order valence-corrected chi connectivity index (χ1v) is 25.5. The molecule has 5 aromatic rings. The van der Waals surface area contributed by atoms with Gasteiger partial charge >= 0.3 is 0 Å². The largest absolute Gasteiger partial charge is 0.489 e. The number of aromatic amines is 1. The number of nitro benzene ring substituents is 1. The molecule has 1 amide bonds. The Labute approximate surface area is 397 Å². The fourth-order valence-electron chi connectivity index (χ4n) is 11.7. The average molecular weight is 948 g/mol. The number of hydrogen-bond acceptors (Lipinski definition) is 13. The van der Waals surface area contributed by atoms with Crippen LogP contribution in [0.2, 0.25) is 0 Å². The lowest BCUT2D eigenvalue weighted by atomic mass is 9.70. The van der Waals surface area contributed by atoms with Crippen molar-refractivity contribution < 1.29 is 37.5 Å². The Kier molecular flexibility index (Phi) is 12.1. The number of methoxy groups -OCH3 is 1. The number of likely N-dealkylation sites (tertiary alicyclic amines) is 1. The molecule has 1 spiro atoms. The predicted molar refractivity (Wildman–Crippen MR) is 259 cm³/mol. The molecule has 0 radical (unpaired) electrons. The number of aliphatic hydroxyl groups is 1. The van der Waals surface area contributed by atoms with Crippen LogP contribution in [0.15, 0.2) is 77.8 Å². The van der Waals surface area contributed by atoms with Crippen LogP contribution in [0.25, 0.3) is 11.0 Å². The molecule has 4 fully saturated rings. The molecular formula is C51H61N7O9S. The summed E-state index contributed by atoms with van der Waals surface area (Å²) in [6.45, 7) is 10.3. The number of nitrogens with one attached hydrogen (secondary N) is 3. The monoisotopic (exact) mass is 947 g/mol. The molecular weight excluding hydrogens is 887 g/mol.